The van der Waals surface area contributed by atoms with E-state index >= 15 is 0 Å². The van der Waals surface area contributed by atoms with Crippen LogP contribution in [0.25, 0.3) is 0 Å². The van der Waals surface area contributed by atoms with Gasteiger partial charge >= 0.3 is 0 Å². The summed E-state index contributed by atoms with van der Waals surface area (Å²) in [5, 5.41) is 0. The minimum absolute atomic E-state index is 0.153. The normalized spacial score (nSPS) is 22.1. The summed E-state index contributed by atoms with van der Waals surface area (Å²) < 4.78 is 13.8. The van der Waals surface area contributed by atoms with Crippen LogP contribution in [0.1, 0.15) is 37.9 Å². The number of hydrogen-bond acceptors (Lipinski definition) is 3. The topological polar surface area (TPSA) is 32.5 Å². The van der Waals surface area contributed by atoms with Gasteiger partial charge in [0, 0.05) is 37.4 Å². The lowest BCUT2D eigenvalue weighted by Crippen LogP contribution is -2.52. The molecule has 2 atom stereocenters. The molecule has 1 aromatic carbocycles. The van der Waals surface area contributed by atoms with Gasteiger partial charge in [-0.1, -0.05) is 6.92 Å². The minimum atomic E-state index is -0.165. The van der Waals surface area contributed by atoms with Crippen molar-refractivity contribution < 1.29 is 4.39 Å². The highest BCUT2D eigenvalue weighted by atomic mass is 19.1. The van der Waals surface area contributed by atoms with Gasteiger partial charge in [-0.05, 0) is 50.6 Å². The minimum Gasteiger partial charge on any atom is -0.368 e. The van der Waals surface area contributed by atoms with E-state index in [1.807, 2.05) is 19.9 Å². The summed E-state index contributed by atoms with van der Waals surface area (Å²) in [4.78, 5) is 4.82. The number of anilines is 1. The van der Waals surface area contributed by atoms with Crippen LogP contribution in [0, 0.1) is 12.7 Å². The second kappa shape index (κ2) is 6.10. The van der Waals surface area contributed by atoms with Crippen molar-refractivity contribution >= 4 is 5.69 Å². The predicted molar refractivity (Wildman–Crippen MR) is 82.7 cm³/mol. The van der Waals surface area contributed by atoms with E-state index in [9.17, 15) is 4.39 Å². The highest BCUT2D eigenvalue weighted by Crippen LogP contribution is 2.30. The molecule has 1 aliphatic heterocycles. The van der Waals surface area contributed by atoms with Crippen molar-refractivity contribution in [2.45, 2.75) is 39.8 Å². The van der Waals surface area contributed by atoms with Crippen LogP contribution in [0.2, 0.25) is 0 Å². The van der Waals surface area contributed by atoms with Crippen LogP contribution in [-0.4, -0.2) is 37.1 Å². The molecule has 0 amide bonds. The van der Waals surface area contributed by atoms with E-state index in [0.717, 1.165) is 37.4 Å². The second-order valence-electron chi connectivity index (χ2n) is 5.87. The zero-order valence-electron chi connectivity index (χ0n) is 13.0. The summed E-state index contributed by atoms with van der Waals surface area (Å²) in [6.07, 6.45) is 0. The molecule has 3 nitrogen and oxygen atoms in total. The molecule has 4 heteroatoms. The van der Waals surface area contributed by atoms with Gasteiger partial charge in [0.25, 0.3) is 0 Å². The molecule has 20 heavy (non-hydrogen) atoms. The average molecular weight is 279 g/mol. The number of hydrogen-bond donors (Lipinski definition) is 1. The Kier molecular flexibility index (Phi) is 4.66. The Hall–Kier alpha value is -1.13. The zero-order valence-corrected chi connectivity index (χ0v) is 13.0. The Morgan fingerprint density at radius 2 is 2.10 bits per heavy atom. The molecule has 1 aromatic rings. The van der Waals surface area contributed by atoms with Crippen molar-refractivity contribution in [1.82, 2.24) is 4.90 Å². The maximum absolute atomic E-state index is 13.8. The van der Waals surface area contributed by atoms with Gasteiger partial charge in [0.1, 0.15) is 5.82 Å². The molecule has 0 radical (unpaired) electrons. The molecule has 0 spiro atoms. The van der Waals surface area contributed by atoms with Crippen molar-refractivity contribution in [2.24, 2.45) is 5.73 Å². The smallest absolute Gasteiger partial charge is 0.126 e. The summed E-state index contributed by atoms with van der Waals surface area (Å²) in [5.74, 6) is -0.165. The third-order valence-electron chi connectivity index (χ3n) is 4.31. The maximum atomic E-state index is 13.8. The van der Waals surface area contributed by atoms with E-state index in [4.69, 9.17) is 5.73 Å². The molecule has 2 rings (SSSR count). The van der Waals surface area contributed by atoms with Crippen molar-refractivity contribution in [3.05, 3.63) is 29.1 Å². The highest BCUT2D eigenvalue weighted by Gasteiger charge is 2.25. The molecular formula is C16H26FN3. The first-order valence-electron chi connectivity index (χ1n) is 7.48. The van der Waals surface area contributed by atoms with E-state index < -0.39 is 0 Å². The molecule has 1 heterocycles. The molecule has 0 aliphatic carbocycles. The number of nitrogens with two attached hydrogens (primary N) is 1. The fraction of sp³-hybridized carbons (Fsp3) is 0.625. The highest BCUT2D eigenvalue weighted by molar-refractivity contribution is 5.57. The van der Waals surface area contributed by atoms with Crippen LogP contribution in [-0.2, 0) is 0 Å². The number of nitrogens with zero attached hydrogens (tertiary/aromatic N) is 2. The van der Waals surface area contributed by atoms with Crippen LogP contribution >= 0.6 is 0 Å². The molecule has 0 saturated carbocycles. The van der Waals surface area contributed by atoms with Gasteiger partial charge in [-0.25, -0.2) is 4.39 Å². The lowest BCUT2D eigenvalue weighted by Gasteiger charge is -2.41. The van der Waals surface area contributed by atoms with E-state index in [2.05, 4.69) is 23.6 Å². The summed E-state index contributed by atoms with van der Waals surface area (Å²) in [6.45, 7) is 12.2. The third-order valence-corrected chi connectivity index (χ3v) is 4.31. The number of likely N-dealkylation sites (N-methyl/N-ethyl adjacent to an activating group) is 1. The van der Waals surface area contributed by atoms with E-state index in [1.165, 1.54) is 0 Å². The van der Waals surface area contributed by atoms with Gasteiger partial charge in [-0.15, -0.1) is 0 Å². The molecule has 1 saturated heterocycles. The first-order chi connectivity index (χ1) is 9.43. The Labute approximate surface area is 121 Å². The van der Waals surface area contributed by atoms with Gasteiger partial charge in [0.05, 0.1) is 0 Å². The van der Waals surface area contributed by atoms with Crippen LogP contribution in [0.4, 0.5) is 10.1 Å². The standard InChI is InChI=1S/C16H26FN3/c1-5-19-6-7-20(10-12(19)3)16-8-11(2)15(17)9-14(16)13(4)18/h8-9,12-13H,5-7,10,18H2,1-4H3/t12?,13-/m0/s1. The Morgan fingerprint density at radius 3 is 2.65 bits per heavy atom. The van der Waals surface area contributed by atoms with Gasteiger partial charge in [0.15, 0.2) is 0 Å². The third kappa shape index (κ3) is 2.96. The lowest BCUT2D eigenvalue weighted by atomic mass is 10.0. The number of aryl methyl sites for hydroxylation is 1. The van der Waals surface area contributed by atoms with E-state index in [-0.39, 0.29) is 11.9 Å². The average Bonchev–Trinajstić information content (AvgIpc) is 2.41. The lowest BCUT2D eigenvalue weighted by molar-refractivity contribution is 0.199. The number of halogens is 1. The van der Waals surface area contributed by atoms with E-state index in [0.29, 0.717) is 11.6 Å². The number of piperazine rings is 1. The van der Waals surface area contributed by atoms with Crippen LogP contribution < -0.4 is 10.6 Å². The fourth-order valence-electron chi connectivity index (χ4n) is 3.00. The Balaban J connectivity index is 2.31. The van der Waals surface area contributed by atoms with Gasteiger partial charge in [-0.3, -0.25) is 4.90 Å². The molecule has 1 aliphatic rings. The Bertz CT molecular complexity index is 473. The zero-order chi connectivity index (χ0) is 14.9. The summed E-state index contributed by atoms with van der Waals surface area (Å²) in [6, 6.07) is 3.91. The van der Waals surface area contributed by atoms with Crippen LogP contribution in [0.15, 0.2) is 12.1 Å². The summed E-state index contributed by atoms with van der Waals surface area (Å²) >= 11 is 0. The molecule has 1 unspecified atom stereocenters. The van der Waals surface area contributed by atoms with Crippen LogP contribution in [0.5, 0.6) is 0 Å². The van der Waals surface area contributed by atoms with Crippen molar-refractivity contribution in [3.63, 3.8) is 0 Å². The van der Waals surface area contributed by atoms with E-state index in [1.54, 1.807) is 6.07 Å². The molecule has 0 aromatic heterocycles. The van der Waals surface area contributed by atoms with Crippen LogP contribution in [0.3, 0.4) is 0 Å². The maximum Gasteiger partial charge on any atom is 0.126 e. The number of rotatable bonds is 3. The Morgan fingerprint density at radius 1 is 1.40 bits per heavy atom. The summed E-state index contributed by atoms with van der Waals surface area (Å²) in [7, 11) is 0. The fourth-order valence-corrected chi connectivity index (χ4v) is 3.00. The second-order valence-corrected chi connectivity index (χ2v) is 5.87. The first-order valence-corrected chi connectivity index (χ1v) is 7.48. The molecular weight excluding hydrogens is 253 g/mol. The molecule has 2 N–H and O–H groups in total. The quantitative estimate of drug-likeness (QED) is 0.923. The predicted octanol–water partition coefficient (Wildman–Crippen LogP) is 2.68. The molecule has 112 valence electrons. The summed E-state index contributed by atoms with van der Waals surface area (Å²) in [5.41, 5.74) is 8.72. The van der Waals surface area contributed by atoms with Crippen molar-refractivity contribution in [1.29, 1.82) is 0 Å². The SMILES string of the molecule is CCN1CCN(c2cc(C)c(F)cc2[C@H](C)N)CC1C. The molecule has 0 bridgehead atoms. The van der Waals surface area contributed by atoms with Gasteiger partial charge < -0.3 is 10.6 Å². The largest absolute Gasteiger partial charge is 0.368 e. The molecule has 1 fully saturated rings. The van der Waals surface area contributed by atoms with Crippen molar-refractivity contribution in [3.8, 4) is 0 Å². The number of benzene rings is 1. The first kappa shape index (κ1) is 15.3. The van der Waals surface area contributed by atoms with Gasteiger partial charge in [0.2, 0.25) is 0 Å². The van der Waals surface area contributed by atoms with Gasteiger partial charge in [-0.2, -0.15) is 0 Å². The monoisotopic (exact) mass is 279 g/mol. The van der Waals surface area contributed by atoms with Crippen molar-refractivity contribution in [2.75, 3.05) is 31.1 Å².